The number of para-hydroxylation sites is 2. The van der Waals surface area contributed by atoms with Crippen molar-refractivity contribution in [2.45, 2.75) is 57.9 Å². The Morgan fingerprint density at radius 3 is 2.62 bits per heavy atom. The van der Waals surface area contributed by atoms with E-state index in [1.165, 1.54) is 44.9 Å². The van der Waals surface area contributed by atoms with Crippen molar-refractivity contribution in [3.05, 3.63) is 24.3 Å². The Morgan fingerprint density at radius 2 is 1.83 bits per heavy atom. The molecule has 0 aromatic heterocycles. The number of nitrogens with one attached hydrogen (secondary N) is 2. The molecule has 1 aliphatic heterocycles. The first kappa shape index (κ1) is 17.3. The molecule has 132 valence electrons. The number of carbonyl (C=O) groups is 1. The molecule has 2 aliphatic rings. The maximum Gasteiger partial charge on any atom is 0.238 e. The Hall–Kier alpha value is -1.55. The van der Waals surface area contributed by atoms with Crippen molar-refractivity contribution >= 4 is 17.3 Å². The van der Waals surface area contributed by atoms with Crippen LogP contribution in [0.15, 0.2) is 24.3 Å². The smallest absolute Gasteiger partial charge is 0.238 e. The average Bonchev–Trinajstić information content (AvgIpc) is 2.62. The molecule has 0 bridgehead atoms. The molecule has 1 heterocycles. The van der Waals surface area contributed by atoms with Gasteiger partial charge < -0.3 is 15.5 Å². The standard InChI is InChI=1S/C20H31N3O/c1-16-9-3-4-10-17(16)21-15-20(24)22-18-11-5-6-12-19(18)23-13-7-2-8-14-23/h5-6,11-12,16-17,21H,2-4,7-10,13-15H2,1H3,(H,22,24). The van der Waals surface area contributed by atoms with E-state index in [1.807, 2.05) is 12.1 Å². The molecule has 24 heavy (non-hydrogen) atoms. The Bertz CT molecular complexity index is 539. The van der Waals surface area contributed by atoms with E-state index in [1.54, 1.807) is 0 Å². The number of hydrogen-bond donors (Lipinski definition) is 2. The van der Waals surface area contributed by atoms with Crippen LogP contribution in [-0.2, 0) is 4.79 Å². The van der Waals surface area contributed by atoms with Gasteiger partial charge in [-0.15, -0.1) is 0 Å². The molecule has 4 heteroatoms. The van der Waals surface area contributed by atoms with Gasteiger partial charge in [-0.3, -0.25) is 4.79 Å². The number of piperidine rings is 1. The highest BCUT2D eigenvalue weighted by atomic mass is 16.1. The normalized spacial score (nSPS) is 24.6. The van der Waals surface area contributed by atoms with E-state index in [9.17, 15) is 4.79 Å². The first-order valence-electron chi connectivity index (χ1n) is 9.61. The minimum Gasteiger partial charge on any atom is -0.370 e. The number of benzene rings is 1. The zero-order valence-corrected chi connectivity index (χ0v) is 14.9. The van der Waals surface area contributed by atoms with E-state index in [4.69, 9.17) is 0 Å². The highest BCUT2D eigenvalue weighted by Gasteiger charge is 2.21. The molecule has 1 amide bonds. The lowest BCUT2D eigenvalue weighted by Crippen LogP contribution is -2.41. The van der Waals surface area contributed by atoms with Crippen molar-refractivity contribution in [3.63, 3.8) is 0 Å². The highest BCUT2D eigenvalue weighted by molar-refractivity contribution is 5.95. The summed E-state index contributed by atoms with van der Waals surface area (Å²) in [5, 5.41) is 6.58. The van der Waals surface area contributed by atoms with E-state index in [2.05, 4.69) is 34.6 Å². The third-order valence-electron chi connectivity index (χ3n) is 5.51. The van der Waals surface area contributed by atoms with Gasteiger partial charge in [0.05, 0.1) is 17.9 Å². The summed E-state index contributed by atoms with van der Waals surface area (Å²) in [7, 11) is 0. The lowest BCUT2D eigenvalue weighted by molar-refractivity contribution is -0.115. The van der Waals surface area contributed by atoms with Gasteiger partial charge in [-0.1, -0.05) is 31.9 Å². The predicted molar refractivity (Wildman–Crippen MR) is 101 cm³/mol. The van der Waals surface area contributed by atoms with Gasteiger partial charge in [0.2, 0.25) is 5.91 Å². The third kappa shape index (κ3) is 4.50. The molecule has 2 fully saturated rings. The van der Waals surface area contributed by atoms with Gasteiger partial charge in [-0.2, -0.15) is 0 Å². The number of anilines is 2. The quantitative estimate of drug-likeness (QED) is 0.864. The zero-order chi connectivity index (χ0) is 16.8. The summed E-state index contributed by atoms with van der Waals surface area (Å²) in [6, 6.07) is 8.69. The van der Waals surface area contributed by atoms with E-state index in [-0.39, 0.29) is 5.91 Å². The first-order chi connectivity index (χ1) is 11.7. The van der Waals surface area contributed by atoms with Crippen molar-refractivity contribution in [3.8, 4) is 0 Å². The second kappa shape index (κ2) is 8.52. The Kier molecular flexibility index (Phi) is 6.13. The summed E-state index contributed by atoms with van der Waals surface area (Å²) in [6.07, 6.45) is 8.87. The van der Waals surface area contributed by atoms with Crippen LogP contribution in [0.3, 0.4) is 0 Å². The number of carbonyl (C=O) groups excluding carboxylic acids is 1. The summed E-state index contributed by atoms with van der Waals surface area (Å²) < 4.78 is 0. The molecule has 1 saturated carbocycles. The molecule has 1 aromatic rings. The van der Waals surface area contributed by atoms with Crippen LogP contribution in [0.2, 0.25) is 0 Å². The number of nitrogens with zero attached hydrogens (tertiary/aromatic N) is 1. The van der Waals surface area contributed by atoms with Gasteiger partial charge in [0.25, 0.3) is 0 Å². The summed E-state index contributed by atoms with van der Waals surface area (Å²) in [5.41, 5.74) is 2.11. The summed E-state index contributed by atoms with van der Waals surface area (Å²) >= 11 is 0. The highest BCUT2D eigenvalue weighted by Crippen LogP contribution is 2.28. The molecule has 1 saturated heterocycles. The predicted octanol–water partition coefficient (Wildman–Crippen LogP) is 3.78. The minimum atomic E-state index is 0.0669. The molecule has 1 aliphatic carbocycles. The van der Waals surface area contributed by atoms with Crippen LogP contribution in [0.5, 0.6) is 0 Å². The molecule has 2 atom stereocenters. The molecular weight excluding hydrogens is 298 g/mol. The van der Waals surface area contributed by atoms with Gasteiger partial charge in [-0.05, 0) is 50.2 Å². The Labute approximate surface area is 146 Å². The van der Waals surface area contributed by atoms with Crippen LogP contribution in [0.1, 0.15) is 51.9 Å². The fraction of sp³-hybridized carbons (Fsp3) is 0.650. The molecular formula is C20H31N3O. The second-order valence-electron chi connectivity index (χ2n) is 7.36. The van der Waals surface area contributed by atoms with Crippen LogP contribution in [0, 0.1) is 5.92 Å². The second-order valence-corrected chi connectivity index (χ2v) is 7.36. The molecule has 2 N–H and O–H groups in total. The van der Waals surface area contributed by atoms with Crippen LogP contribution in [-0.4, -0.2) is 31.6 Å². The van der Waals surface area contributed by atoms with E-state index in [0.29, 0.717) is 18.5 Å². The summed E-state index contributed by atoms with van der Waals surface area (Å²) in [6.45, 7) is 4.87. The number of hydrogen-bond acceptors (Lipinski definition) is 3. The van der Waals surface area contributed by atoms with Crippen LogP contribution < -0.4 is 15.5 Å². The minimum absolute atomic E-state index is 0.0669. The molecule has 4 nitrogen and oxygen atoms in total. The van der Waals surface area contributed by atoms with Gasteiger partial charge in [0.15, 0.2) is 0 Å². The largest absolute Gasteiger partial charge is 0.370 e. The molecule has 2 unspecified atom stereocenters. The van der Waals surface area contributed by atoms with Gasteiger partial charge in [-0.25, -0.2) is 0 Å². The monoisotopic (exact) mass is 329 g/mol. The number of amides is 1. The lowest BCUT2D eigenvalue weighted by atomic mass is 9.86. The maximum absolute atomic E-state index is 12.4. The third-order valence-corrected chi connectivity index (χ3v) is 5.51. The summed E-state index contributed by atoms with van der Waals surface area (Å²) in [4.78, 5) is 14.8. The van der Waals surface area contributed by atoms with Crippen LogP contribution >= 0.6 is 0 Å². The average molecular weight is 329 g/mol. The topological polar surface area (TPSA) is 44.4 Å². The fourth-order valence-corrected chi connectivity index (χ4v) is 4.03. The van der Waals surface area contributed by atoms with E-state index in [0.717, 1.165) is 24.5 Å². The van der Waals surface area contributed by atoms with Crippen LogP contribution in [0.25, 0.3) is 0 Å². The summed E-state index contributed by atoms with van der Waals surface area (Å²) in [5.74, 6) is 0.740. The lowest BCUT2D eigenvalue weighted by Gasteiger charge is -2.31. The first-order valence-corrected chi connectivity index (χ1v) is 9.61. The molecule has 3 rings (SSSR count). The molecule has 0 spiro atoms. The van der Waals surface area contributed by atoms with Crippen molar-refractivity contribution in [2.75, 3.05) is 29.9 Å². The SMILES string of the molecule is CC1CCCCC1NCC(=O)Nc1ccccc1N1CCCCC1. The molecule has 0 radical (unpaired) electrons. The van der Waals surface area contributed by atoms with E-state index >= 15 is 0 Å². The molecule has 1 aromatic carbocycles. The van der Waals surface area contributed by atoms with Crippen LogP contribution in [0.4, 0.5) is 11.4 Å². The van der Waals surface area contributed by atoms with E-state index < -0.39 is 0 Å². The Balaban J connectivity index is 1.56. The van der Waals surface area contributed by atoms with Crippen molar-refractivity contribution in [1.82, 2.24) is 5.32 Å². The van der Waals surface area contributed by atoms with Crippen molar-refractivity contribution < 1.29 is 4.79 Å². The van der Waals surface area contributed by atoms with Crippen molar-refractivity contribution in [2.24, 2.45) is 5.92 Å². The van der Waals surface area contributed by atoms with Gasteiger partial charge in [0.1, 0.15) is 0 Å². The van der Waals surface area contributed by atoms with Crippen molar-refractivity contribution in [1.29, 1.82) is 0 Å². The van der Waals surface area contributed by atoms with Gasteiger partial charge >= 0.3 is 0 Å². The Morgan fingerprint density at radius 1 is 1.08 bits per heavy atom. The van der Waals surface area contributed by atoms with Gasteiger partial charge in [0, 0.05) is 19.1 Å². The zero-order valence-electron chi connectivity index (χ0n) is 14.9. The number of rotatable bonds is 5. The maximum atomic E-state index is 12.4. The fourth-order valence-electron chi connectivity index (χ4n) is 4.03.